The van der Waals surface area contributed by atoms with Gasteiger partial charge >= 0.3 is 0 Å². The number of benzene rings is 1. The SMILES string of the molecule is CCCS(=O)(=O)Nc1c(OC)ccc(-c2cnc3cc(OC)c(SC(C)(C)C)cn23)c1F. The minimum Gasteiger partial charge on any atom is -0.495 e. The summed E-state index contributed by atoms with van der Waals surface area (Å²) in [7, 11) is -0.755. The summed E-state index contributed by atoms with van der Waals surface area (Å²) in [5.74, 6) is -0.0716. The first-order chi connectivity index (χ1) is 15.0. The number of aromatic nitrogens is 2. The summed E-state index contributed by atoms with van der Waals surface area (Å²) < 4.78 is 55.0. The zero-order valence-electron chi connectivity index (χ0n) is 19.0. The summed E-state index contributed by atoms with van der Waals surface area (Å²) >= 11 is 1.62. The molecule has 32 heavy (non-hydrogen) atoms. The molecule has 0 saturated carbocycles. The average Bonchev–Trinajstić information content (AvgIpc) is 3.10. The van der Waals surface area contributed by atoms with Crippen LogP contribution in [0.2, 0.25) is 0 Å². The largest absolute Gasteiger partial charge is 0.495 e. The fourth-order valence-corrected chi connectivity index (χ4v) is 5.45. The first kappa shape index (κ1) is 24.2. The Morgan fingerprint density at radius 2 is 1.88 bits per heavy atom. The fourth-order valence-electron chi connectivity index (χ4n) is 3.25. The van der Waals surface area contributed by atoms with E-state index in [-0.39, 0.29) is 27.5 Å². The Kier molecular flexibility index (Phi) is 6.94. The van der Waals surface area contributed by atoms with Crippen LogP contribution in [0.3, 0.4) is 0 Å². The van der Waals surface area contributed by atoms with E-state index in [2.05, 4.69) is 30.5 Å². The third-order valence-electron chi connectivity index (χ3n) is 4.54. The number of hydrogen-bond donors (Lipinski definition) is 1. The number of fused-ring (bicyclic) bond motifs is 1. The van der Waals surface area contributed by atoms with Gasteiger partial charge in [0.2, 0.25) is 10.0 Å². The molecule has 0 aliphatic rings. The number of halogens is 1. The van der Waals surface area contributed by atoms with E-state index < -0.39 is 15.8 Å². The molecule has 2 heterocycles. The van der Waals surface area contributed by atoms with Crippen molar-refractivity contribution in [3.05, 3.63) is 36.4 Å². The first-order valence-electron chi connectivity index (χ1n) is 10.1. The maximum absolute atomic E-state index is 15.6. The maximum atomic E-state index is 15.6. The van der Waals surface area contributed by atoms with E-state index >= 15 is 4.39 Å². The molecule has 3 aromatic rings. The summed E-state index contributed by atoms with van der Waals surface area (Å²) in [5, 5.41) is 0. The smallest absolute Gasteiger partial charge is 0.232 e. The molecular weight excluding hydrogens is 453 g/mol. The highest BCUT2D eigenvalue weighted by molar-refractivity contribution is 8.00. The lowest BCUT2D eigenvalue weighted by molar-refractivity contribution is 0.404. The molecule has 0 radical (unpaired) electrons. The summed E-state index contributed by atoms with van der Waals surface area (Å²) in [6.45, 7) is 8.01. The van der Waals surface area contributed by atoms with E-state index in [1.807, 2.05) is 6.20 Å². The van der Waals surface area contributed by atoms with Gasteiger partial charge in [-0.3, -0.25) is 9.12 Å². The highest BCUT2D eigenvalue weighted by Crippen LogP contribution is 2.40. The van der Waals surface area contributed by atoms with E-state index in [0.29, 0.717) is 23.5 Å². The lowest BCUT2D eigenvalue weighted by atomic mass is 10.1. The zero-order chi connectivity index (χ0) is 23.7. The standard InChI is InChI=1S/C22H28FN3O4S2/c1-7-10-32(27,28)25-21-16(29-5)9-8-14(20(21)23)15-12-24-19-11-17(30-6)18(13-26(15)19)31-22(2,3)4/h8-9,11-13,25H,7,10H2,1-6H3. The quantitative estimate of drug-likeness (QED) is 0.446. The number of imidazole rings is 1. The van der Waals surface area contributed by atoms with Crippen molar-refractivity contribution < 1.29 is 22.3 Å². The molecule has 1 N–H and O–H groups in total. The van der Waals surface area contributed by atoms with Gasteiger partial charge in [0.05, 0.1) is 36.8 Å². The van der Waals surface area contributed by atoms with Crippen molar-refractivity contribution in [3.8, 4) is 22.8 Å². The topological polar surface area (TPSA) is 81.9 Å². The van der Waals surface area contributed by atoms with Crippen molar-refractivity contribution in [2.45, 2.75) is 43.8 Å². The molecule has 10 heteroatoms. The Bertz CT molecular complexity index is 1230. The molecule has 2 aromatic heterocycles. The molecule has 0 aliphatic carbocycles. The monoisotopic (exact) mass is 481 g/mol. The third-order valence-corrected chi connectivity index (χ3v) is 7.14. The molecule has 0 spiro atoms. The maximum Gasteiger partial charge on any atom is 0.232 e. The lowest BCUT2D eigenvalue weighted by Crippen LogP contribution is -2.18. The second-order valence-corrected chi connectivity index (χ2v) is 11.9. The molecule has 174 valence electrons. The van der Waals surface area contributed by atoms with Crippen LogP contribution in [0.5, 0.6) is 11.5 Å². The Hall–Kier alpha value is -2.46. The first-order valence-corrected chi connectivity index (χ1v) is 12.6. The summed E-state index contributed by atoms with van der Waals surface area (Å²) in [6.07, 6.45) is 3.81. The molecule has 3 rings (SSSR count). The van der Waals surface area contributed by atoms with Crippen LogP contribution in [0.1, 0.15) is 34.1 Å². The summed E-state index contributed by atoms with van der Waals surface area (Å²) in [6, 6.07) is 4.88. The van der Waals surface area contributed by atoms with E-state index in [4.69, 9.17) is 9.47 Å². The summed E-state index contributed by atoms with van der Waals surface area (Å²) in [5.41, 5.74) is 1.04. The highest BCUT2D eigenvalue weighted by Gasteiger charge is 2.23. The fraction of sp³-hybridized carbons (Fsp3) is 0.409. The number of sulfonamides is 1. The Balaban J connectivity index is 2.18. The molecule has 0 fully saturated rings. The van der Waals surface area contributed by atoms with Gasteiger partial charge in [-0.15, -0.1) is 11.8 Å². The van der Waals surface area contributed by atoms with Gasteiger partial charge < -0.3 is 9.47 Å². The number of hydrogen-bond acceptors (Lipinski definition) is 6. The Labute approximate surface area is 192 Å². The molecule has 0 unspecified atom stereocenters. The van der Waals surface area contributed by atoms with Crippen LogP contribution in [0.4, 0.5) is 10.1 Å². The summed E-state index contributed by atoms with van der Waals surface area (Å²) in [4.78, 5) is 5.27. The molecule has 1 aromatic carbocycles. The van der Waals surface area contributed by atoms with Crippen molar-refractivity contribution >= 4 is 33.1 Å². The molecule has 0 atom stereocenters. The minimum atomic E-state index is -3.72. The van der Waals surface area contributed by atoms with Crippen LogP contribution in [0.15, 0.2) is 35.5 Å². The van der Waals surface area contributed by atoms with Gasteiger partial charge in [-0.2, -0.15) is 0 Å². The van der Waals surface area contributed by atoms with Crippen molar-refractivity contribution in [2.75, 3.05) is 24.7 Å². The van der Waals surface area contributed by atoms with Crippen molar-refractivity contribution in [1.29, 1.82) is 0 Å². The van der Waals surface area contributed by atoms with E-state index in [9.17, 15) is 8.42 Å². The number of methoxy groups -OCH3 is 2. The zero-order valence-corrected chi connectivity index (χ0v) is 20.7. The highest BCUT2D eigenvalue weighted by atomic mass is 32.2. The number of nitrogens with zero attached hydrogens (tertiary/aromatic N) is 2. The molecule has 0 saturated heterocycles. The van der Waals surface area contributed by atoms with Crippen molar-refractivity contribution in [1.82, 2.24) is 9.38 Å². The number of anilines is 1. The van der Waals surface area contributed by atoms with E-state index in [0.717, 1.165) is 4.90 Å². The predicted molar refractivity (Wildman–Crippen MR) is 127 cm³/mol. The molecule has 0 bridgehead atoms. The molecule has 7 nitrogen and oxygen atoms in total. The third kappa shape index (κ3) is 5.12. The Morgan fingerprint density at radius 3 is 2.47 bits per heavy atom. The Morgan fingerprint density at radius 1 is 1.19 bits per heavy atom. The van der Waals surface area contributed by atoms with Gasteiger partial charge in [-0.25, -0.2) is 17.8 Å². The number of nitrogens with one attached hydrogen (secondary N) is 1. The molecule has 0 aliphatic heterocycles. The van der Waals surface area contributed by atoms with Crippen LogP contribution in [-0.2, 0) is 10.0 Å². The van der Waals surface area contributed by atoms with Gasteiger partial charge in [-0.05, 0) is 18.6 Å². The van der Waals surface area contributed by atoms with Crippen LogP contribution in [0.25, 0.3) is 16.9 Å². The van der Waals surface area contributed by atoms with Crippen LogP contribution in [-0.4, -0.2) is 42.5 Å². The van der Waals surface area contributed by atoms with Crippen LogP contribution < -0.4 is 14.2 Å². The van der Waals surface area contributed by atoms with Gasteiger partial charge in [-0.1, -0.05) is 27.7 Å². The number of thioether (sulfide) groups is 1. The second kappa shape index (κ2) is 9.19. The van der Waals surface area contributed by atoms with Crippen molar-refractivity contribution in [3.63, 3.8) is 0 Å². The van der Waals surface area contributed by atoms with Gasteiger partial charge in [0.25, 0.3) is 0 Å². The molecular formula is C22H28FN3O4S2. The van der Waals surface area contributed by atoms with Gasteiger partial charge in [0, 0.05) is 22.6 Å². The van der Waals surface area contributed by atoms with Gasteiger partial charge in [0.1, 0.15) is 22.8 Å². The van der Waals surface area contributed by atoms with Gasteiger partial charge in [0.15, 0.2) is 5.82 Å². The number of rotatable bonds is 8. The van der Waals surface area contributed by atoms with Crippen LogP contribution in [0, 0.1) is 5.82 Å². The normalized spacial score (nSPS) is 12.2. The number of pyridine rings is 1. The lowest BCUT2D eigenvalue weighted by Gasteiger charge is -2.20. The van der Waals surface area contributed by atoms with E-state index in [1.165, 1.54) is 13.2 Å². The minimum absolute atomic E-state index is 0.0716. The predicted octanol–water partition coefficient (Wildman–Crippen LogP) is 5.20. The van der Waals surface area contributed by atoms with Crippen LogP contribution >= 0.6 is 11.8 Å². The van der Waals surface area contributed by atoms with Crippen molar-refractivity contribution in [2.24, 2.45) is 0 Å². The van der Waals surface area contributed by atoms with E-state index in [1.54, 1.807) is 48.5 Å². The average molecular weight is 482 g/mol. The second-order valence-electron chi connectivity index (χ2n) is 8.22. The molecule has 0 amide bonds. The number of ether oxygens (including phenoxy) is 2.